The van der Waals surface area contributed by atoms with E-state index in [0.717, 1.165) is 5.75 Å². The molecule has 0 aliphatic heterocycles. The van der Waals surface area contributed by atoms with Crippen LogP contribution in [0, 0.1) is 0 Å². The first kappa shape index (κ1) is 15.7. The van der Waals surface area contributed by atoms with Crippen molar-refractivity contribution in [1.82, 2.24) is 0 Å². The van der Waals surface area contributed by atoms with Crippen molar-refractivity contribution in [2.75, 3.05) is 11.9 Å². The molecule has 0 aromatic heterocycles. The van der Waals surface area contributed by atoms with Crippen LogP contribution < -0.4 is 10.1 Å². The van der Waals surface area contributed by atoms with Crippen molar-refractivity contribution in [3.05, 3.63) is 58.6 Å². The molecule has 0 aliphatic rings. The van der Waals surface area contributed by atoms with Gasteiger partial charge in [0.05, 0.1) is 17.3 Å². The Kier molecular flexibility index (Phi) is 5.90. The third-order valence-electron chi connectivity index (χ3n) is 2.78. The zero-order chi connectivity index (χ0) is 15.1. The van der Waals surface area contributed by atoms with Gasteiger partial charge in [-0.25, -0.2) is 0 Å². The van der Waals surface area contributed by atoms with E-state index in [1.807, 2.05) is 12.1 Å². The van der Waals surface area contributed by atoms with Gasteiger partial charge in [-0.2, -0.15) is 0 Å². The molecule has 0 fully saturated rings. The van der Waals surface area contributed by atoms with Gasteiger partial charge in [-0.3, -0.25) is 4.79 Å². The van der Waals surface area contributed by atoms with Crippen molar-refractivity contribution >= 4 is 34.8 Å². The maximum atomic E-state index is 11.8. The Morgan fingerprint density at radius 2 is 1.76 bits per heavy atom. The third kappa shape index (κ3) is 5.29. The number of carbonyl (C=O) groups is 1. The Balaban J connectivity index is 1.70. The molecular formula is C16H15Cl2NO2. The van der Waals surface area contributed by atoms with E-state index in [1.54, 1.807) is 36.4 Å². The highest BCUT2D eigenvalue weighted by Gasteiger charge is 2.05. The highest BCUT2D eigenvalue weighted by atomic mass is 35.5. The summed E-state index contributed by atoms with van der Waals surface area (Å²) in [5.74, 6) is 0.661. The van der Waals surface area contributed by atoms with Crippen LogP contribution in [0.25, 0.3) is 0 Å². The topological polar surface area (TPSA) is 38.3 Å². The Hall–Kier alpha value is -1.71. The van der Waals surface area contributed by atoms with Gasteiger partial charge in [0, 0.05) is 11.4 Å². The molecule has 1 N–H and O–H groups in total. The number of nitrogens with one attached hydrogen (secondary N) is 1. The molecule has 3 nitrogen and oxygen atoms in total. The summed E-state index contributed by atoms with van der Waals surface area (Å²) in [6, 6.07) is 14.3. The smallest absolute Gasteiger partial charge is 0.224 e. The normalized spacial score (nSPS) is 10.2. The molecule has 0 heterocycles. The van der Waals surface area contributed by atoms with Crippen LogP contribution in [0.1, 0.15) is 12.8 Å². The molecule has 0 aliphatic carbocycles. The number of anilines is 1. The van der Waals surface area contributed by atoms with Gasteiger partial charge in [-0.05, 0) is 42.8 Å². The van der Waals surface area contributed by atoms with E-state index in [9.17, 15) is 4.79 Å². The van der Waals surface area contributed by atoms with Crippen LogP contribution in [-0.2, 0) is 4.79 Å². The van der Waals surface area contributed by atoms with Gasteiger partial charge in [0.1, 0.15) is 5.75 Å². The first-order chi connectivity index (χ1) is 10.1. The van der Waals surface area contributed by atoms with Gasteiger partial charge in [0.15, 0.2) is 0 Å². The van der Waals surface area contributed by atoms with Gasteiger partial charge < -0.3 is 10.1 Å². The summed E-state index contributed by atoms with van der Waals surface area (Å²) in [5.41, 5.74) is 0.628. The van der Waals surface area contributed by atoms with Crippen LogP contribution in [-0.4, -0.2) is 12.5 Å². The molecule has 2 aromatic carbocycles. The van der Waals surface area contributed by atoms with E-state index in [1.165, 1.54) is 0 Å². The summed E-state index contributed by atoms with van der Waals surface area (Å²) in [7, 11) is 0. The fraction of sp³-hybridized carbons (Fsp3) is 0.188. The van der Waals surface area contributed by atoms with Crippen molar-refractivity contribution in [3.63, 3.8) is 0 Å². The predicted octanol–water partition coefficient (Wildman–Crippen LogP) is 4.79. The summed E-state index contributed by atoms with van der Waals surface area (Å²) in [5, 5.41) is 3.97. The molecule has 0 unspecified atom stereocenters. The van der Waals surface area contributed by atoms with Gasteiger partial charge >= 0.3 is 0 Å². The number of ether oxygens (including phenoxy) is 1. The molecule has 5 heteroatoms. The molecular weight excluding hydrogens is 309 g/mol. The quantitative estimate of drug-likeness (QED) is 0.776. The van der Waals surface area contributed by atoms with Crippen molar-refractivity contribution < 1.29 is 9.53 Å². The molecule has 21 heavy (non-hydrogen) atoms. The van der Waals surface area contributed by atoms with Gasteiger partial charge in [-0.1, -0.05) is 35.3 Å². The zero-order valence-corrected chi connectivity index (χ0v) is 12.8. The minimum Gasteiger partial charge on any atom is -0.494 e. The summed E-state index contributed by atoms with van der Waals surface area (Å²) >= 11 is 11.8. The van der Waals surface area contributed by atoms with E-state index in [2.05, 4.69) is 5.32 Å². The lowest BCUT2D eigenvalue weighted by molar-refractivity contribution is -0.116. The number of benzene rings is 2. The van der Waals surface area contributed by atoms with E-state index in [0.29, 0.717) is 35.2 Å². The highest BCUT2D eigenvalue weighted by molar-refractivity contribution is 6.33. The maximum Gasteiger partial charge on any atom is 0.224 e. The summed E-state index contributed by atoms with van der Waals surface area (Å²) in [4.78, 5) is 11.8. The summed E-state index contributed by atoms with van der Waals surface area (Å²) in [6.07, 6.45) is 0.998. The predicted molar refractivity (Wildman–Crippen MR) is 86.3 cm³/mol. The molecule has 2 aromatic rings. The van der Waals surface area contributed by atoms with Crippen LogP contribution in [0.2, 0.25) is 10.0 Å². The molecule has 2 rings (SSSR count). The Bertz CT molecular complexity index is 599. The second-order valence-corrected chi connectivity index (χ2v) is 5.28. The van der Waals surface area contributed by atoms with Crippen LogP contribution in [0.5, 0.6) is 5.75 Å². The first-order valence-electron chi connectivity index (χ1n) is 6.58. The number of para-hydroxylation sites is 1. The average Bonchev–Trinajstić information content (AvgIpc) is 2.48. The second-order valence-electron chi connectivity index (χ2n) is 4.43. The number of rotatable bonds is 6. The van der Waals surface area contributed by atoms with E-state index >= 15 is 0 Å². The molecule has 0 bridgehead atoms. The van der Waals surface area contributed by atoms with Crippen molar-refractivity contribution in [2.45, 2.75) is 12.8 Å². The second kappa shape index (κ2) is 7.91. The number of hydrogen-bond acceptors (Lipinski definition) is 2. The minimum absolute atomic E-state index is 0.0807. The van der Waals surface area contributed by atoms with Crippen molar-refractivity contribution in [1.29, 1.82) is 0 Å². The molecule has 1 amide bonds. The minimum atomic E-state index is -0.0807. The van der Waals surface area contributed by atoms with Gasteiger partial charge in [-0.15, -0.1) is 0 Å². The Morgan fingerprint density at radius 1 is 1.05 bits per heavy atom. The van der Waals surface area contributed by atoms with Crippen molar-refractivity contribution in [2.24, 2.45) is 0 Å². The monoisotopic (exact) mass is 323 g/mol. The zero-order valence-electron chi connectivity index (χ0n) is 11.3. The van der Waals surface area contributed by atoms with Crippen LogP contribution in [0.4, 0.5) is 5.69 Å². The summed E-state index contributed by atoms with van der Waals surface area (Å²) < 4.78 is 5.52. The van der Waals surface area contributed by atoms with Crippen LogP contribution in [0.3, 0.4) is 0 Å². The molecule has 0 spiro atoms. The lowest BCUT2D eigenvalue weighted by atomic mass is 10.2. The van der Waals surface area contributed by atoms with Gasteiger partial charge in [0.2, 0.25) is 5.91 Å². The molecule has 0 saturated heterocycles. The van der Waals surface area contributed by atoms with Crippen LogP contribution >= 0.6 is 23.2 Å². The van der Waals surface area contributed by atoms with Crippen molar-refractivity contribution in [3.8, 4) is 5.75 Å². The third-order valence-corrected chi connectivity index (χ3v) is 3.36. The lowest BCUT2D eigenvalue weighted by Crippen LogP contribution is -2.13. The number of hydrogen-bond donors (Lipinski definition) is 1. The lowest BCUT2D eigenvalue weighted by Gasteiger charge is -2.08. The van der Waals surface area contributed by atoms with E-state index < -0.39 is 0 Å². The SMILES string of the molecule is O=C(CCCOc1ccc(Cl)cc1)Nc1ccccc1Cl. The van der Waals surface area contributed by atoms with E-state index in [-0.39, 0.29) is 5.91 Å². The Labute approximate surface area is 133 Å². The number of amides is 1. The van der Waals surface area contributed by atoms with E-state index in [4.69, 9.17) is 27.9 Å². The molecule has 0 saturated carbocycles. The average molecular weight is 324 g/mol. The van der Waals surface area contributed by atoms with Crippen LogP contribution in [0.15, 0.2) is 48.5 Å². The highest BCUT2D eigenvalue weighted by Crippen LogP contribution is 2.20. The number of carbonyl (C=O) groups excluding carboxylic acids is 1. The number of halogens is 2. The fourth-order valence-corrected chi connectivity index (χ4v) is 2.04. The standard InChI is InChI=1S/C16H15Cl2NO2/c17-12-7-9-13(10-8-12)21-11-3-6-16(20)19-15-5-2-1-4-14(15)18/h1-2,4-5,7-10H,3,6,11H2,(H,19,20). The largest absolute Gasteiger partial charge is 0.494 e. The van der Waals surface area contributed by atoms with Gasteiger partial charge in [0.25, 0.3) is 0 Å². The molecule has 0 atom stereocenters. The fourth-order valence-electron chi connectivity index (χ4n) is 1.73. The maximum absolute atomic E-state index is 11.8. The first-order valence-corrected chi connectivity index (χ1v) is 7.33. The summed E-state index contributed by atoms with van der Waals surface area (Å²) in [6.45, 7) is 0.470. The molecule has 110 valence electrons. The molecule has 0 radical (unpaired) electrons. The Morgan fingerprint density at radius 3 is 2.48 bits per heavy atom.